The van der Waals surface area contributed by atoms with Gasteiger partial charge < -0.3 is 19.7 Å². The van der Waals surface area contributed by atoms with E-state index in [9.17, 15) is 4.79 Å². The maximum atomic E-state index is 12.5. The Morgan fingerprint density at radius 2 is 2.00 bits per heavy atom. The molecule has 1 aliphatic rings. The van der Waals surface area contributed by atoms with Gasteiger partial charge in [0.2, 0.25) is 5.91 Å². The quantitative estimate of drug-likeness (QED) is 0.722. The Labute approximate surface area is 110 Å². The van der Waals surface area contributed by atoms with Gasteiger partial charge in [-0.15, -0.1) is 0 Å². The van der Waals surface area contributed by atoms with E-state index in [4.69, 9.17) is 9.47 Å². The van der Waals surface area contributed by atoms with Crippen LogP contribution < -0.4 is 5.32 Å². The number of nitrogens with one attached hydrogen (secondary N) is 1. The van der Waals surface area contributed by atoms with E-state index in [1.807, 2.05) is 11.8 Å². The normalized spacial score (nSPS) is 18.6. The number of hydrogen-bond acceptors (Lipinski definition) is 4. The molecule has 0 radical (unpaired) electrons. The predicted octanol–water partition coefficient (Wildman–Crippen LogP) is 0.496. The maximum absolute atomic E-state index is 12.5. The molecule has 106 valence electrons. The third kappa shape index (κ3) is 4.55. The van der Waals surface area contributed by atoms with Gasteiger partial charge in [0.05, 0.1) is 19.3 Å². The zero-order valence-electron chi connectivity index (χ0n) is 11.8. The average molecular weight is 258 g/mol. The summed E-state index contributed by atoms with van der Waals surface area (Å²) in [5.74, 6) is 0.403. The number of piperidine rings is 1. The Morgan fingerprint density at radius 1 is 1.33 bits per heavy atom. The number of ether oxygens (including phenoxy) is 2. The van der Waals surface area contributed by atoms with E-state index < -0.39 is 0 Å². The first-order valence-electron chi connectivity index (χ1n) is 6.69. The molecule has 1 saturated heterocycles. The minimum atomic E-state index is 0.104. The Hall–Kier alpha value is -0.650. The fourth-order valence-corrected chi connectivity index (χ4v) is 2.37. The minimum absolute atomic E-state index is 0.104. The predicted molar refractivity (Wildman–Crippen MR) is 70.5 cm³/mol. The smallest absolute Gasteiger partial charge is 0.226 e. The number of rotatable bonds is 7. The first-order chi connectivity index (χ1) is 8.70. The lowest BCUT2D eigenvalue weighted by molar-refractivity contribution is -0.140. The Kier molecular flexibility index (Phi) is 7.23. The van der Waals surface area contributed by atoms with Gasteiger partial charge in [-0.3, -0.25) is 4.79 Å². The van der Waals surface area contributed by atoms with Gasteiger partial charge in [-0.2, -0.15) is 0 Å². The monoisotopic (exact) mass is 258 g/mol. The number of amides is 1. The highest BCUT2D eigenvalue weighted by Crippen LogP contribution is 2.17. The van der Waals surface area contributed by atoms with Gasteiger partial charge in [0, 0.05) is 26.7 Å². The molecule has 0 aromatic carbocycles. The summed E-state index contributed by atoms with van der Waals surface area (Å²) in [5.41, 5.74) is 0. The van der Waals surface area contributed by atoms with Gasteiger partial charge in [-0.05, 0) is 32.9 Å². The van der Waals surface area contributed by atoms with E-state index in [1.54, 1.807) is 14.2 Å². The topological polar surface area (TPSA) is 50.8 Å². The van der Waals surface area contributed by atoms with E-state index in [2.05, 4.69) is 5.32 Å². The molecule has 0 aliphatic carbocycles. The molecule has 0 aromatic heterocycles. The summed E-state index contributed by atoms with van der Waals surface area (Å²) < 4.78 is 10.2. The van der Waals surface area contributed by atoms with E-state index in [0.29, 0.717) is 19.8 Å². The number of carbonyl (C=O) groups excluding carboxylic acids is 1. The summed E-state index contributed by atoms with van der Waals surface area (Å²) in [7, 11) is 3.33. The van der Waals surface area contributed by atoms with Gasteiger partial charge in [0.15, 0.2) is 0 Å². The molecule has 5 heteroatoms. The SMILES string of the molecule is COCCN(C(=O)C1CCNCC1)C(C)COC. The molecule has 18 heavy (non-hydrogen) atoms. The fourth-order valence-electron chi connectivity index (χ4n) is 2.37. The van der Waals surface area contributed by atoms with E-state index >= 15 is 0 Å². The van der Waals surface area contributed by atoms with Crippen LogP contribution in [-0.4, -0.2) is 63.9 Å². The molecule has 1 N–H and O–H groups in total. The molecule has 0 spiro atoms. The molecular weight excluding hydrogens is 232 g/mol. The van der Waals surface area contributed by atoms with Crippen molar-refractivity contribution in [2.45, 2.75) is 25.8 Å². The van der Waals surface area contributed by atoms with Crippen LogP contribution in [0.5, 0.6) is 0 Å². The lowest BCUT2D eigenvalue weighted by Gasteiger charge is -2.33. The van der Waals surface area contributed by atoms with E-state index in [1.165, 1.54) is 0 Å². The zero-order valence-corrected chi connectivity index (χ0v) is 11.8. The minimum Gasteiger partial charge on any atom is -0.383 e. The molecule has 1 heterocycles. The number of carbonyl (C=O) groups is 1. The van der Waals surface area contributed by atoms with E-state index in [-0.39, 0.29) is 17.9 Å². The van der Waals surface area contributed by atoms with Crippen LogP contribution in [0.25, 0.3) is 0 Å². The van der Waals surface area contributed by atoms with Crippen molar-refractivity contribution in [1.29, 1.82) is 0 Å². The Morgan fingerprint density at radius 3 is 2.56 bits per heavy atom. The second-order valence-corrected chi connectivity index (χ2v) is 4.85. The Bertz CT molecular complexity index is 242. The van der Waals surface area contributed by atoms with Crippen LogP contribution in [-0.2, 0) is 14.3 Å². The second kappa shape index (κ2) is 8.45. The highest BCUT2D eigenvalue weighted by Gasteiger charge is 2.28. The van der Waals surface area contributed by atoms with Crippen LogP contribution in [0, 0.1) is 5.92 Å². The van der Waals surface area contributed by atoms with Crippen molar-refractivity contribution in [3.05, 3.63) is 0 Å². The molecule has 1 rings (SSSR count). The summed E-state index contributed by atoms with van der Waals surface area (Å²) >= 11 is 0. The van der Waals surface area contributed by atoms with Gasteiger partial charge in [-0.1, -0.05) is 0 Å². The molecule has 0 bridgehead atoms. The van der Waals surface area contributed by atoms with Crippen molar-refractivity contribution < 1.29 is 14.3 Å². The second-order valence-electron chi connectivity index (χ2n) is 4.85. The molecule has 0 aromatic rings. The largest absolute Gasteiger partial charge is 0.383 e. The summed E-state index contributed by atoms with van der Waals surface area (Å²) in [4.78, 5) is 14.4. The zero-order chi connectivity index (χ0) is 13.4. The Balaban J connectivity index is 2.58. The van der Waals surface area contributed by atoms with Crippen molar-refractivity contribution >= 4 is 5.91 Å². The third-order valence-electron chi connectivity index (χ3n) is 3.45. The molecule has 1 aliphatic heterocycles. The maximum Gasteiger partial charge on any atom is 0.226 e. The molecule has 1 fully saturated rings. The lowest BCUT2D eigenvalue weighted by Crippen LogP contribution is -2.47. The number of nitrogens with zero attached hydrogens (tertiary/aromatic N) is 1. The number of methoxy groups -OCH3 is 2. The van der Waals surface area contributed by atoms with Crippen LogP contribution in [0.4, 0.5) is 0 Å². The van der Waals surface area contributed by atoms with Gasteiger partial charge in [0.1, 0.15) is 0 Å². The highest BCUT2D eigenvalue weighted by molar-refractivity contribution is 5.79. The van der Waals surface area contributed by atoms with Gasteiger partial charge in [0.25, 0.3) is 0 Å². The first kappa shape index (κ1) is 15.4. The molecule has 1 atom stereocenters. The van der Waals surface area contributed by atoms with Crippen molar-refractivity contribution in [2.75, 3.05) is 47.1 Å². The molecular formula is C13H26N2O3. The van der Waals surface area contributed by atoms with Crippen molar-refractivity contribution in [2.24, 2.45) is 5.92 Å². The van der Waals surface area contributed by atoms with Crippen molar-refractivity contribution in [1.82, 2.24) is 10.2 Å². The first-order valence-corrected chi connectivity index (χ1v) is 6.69. The molecule has 1 amide bonds. The number of hydrogen-bond donors (Lipinski definition) is 1. The van der Waals surface area contributed by atoms with Crippen molar-refractivity contribution in [3.8, 4) is 0 Å². The van der Waals surface area contributed by atoms with Crippen LogP contribution in [0.2, 0.25) is 0 Å². The summed E-state index contributed by atoms with van der Waals surface area (Å²) in [6, 6.07) is 0.104. The van der Waals surface area contributed by atoms with E-state index in [0.717, 1.165) is 25.9 Å². The average Bonchev–Trinajstić information content (AvgIpc) is 2.40. The molecule has 1 unspecified atom stereocenters. The summed E-state index contributed by atoms with van der Waals surface area (Å²) in [5, 5.41) is 3.29. The summed E-state index contributed by atoms with van der Waals surface area (Å²) in [6.07, 6.45) is 1.87. The van der Waals surface area contributed by atoms with Crippen LogP contribution in [0.15, 0.2) is 0 Å². The summed E-state index contributed by atoms with van der Waals surface area (Å²) in [6.45, 7) is 5.69. The van der Waals surface area contributed by atoms with Gasteiger partial charge in [-0.25, -0.2) is 0 Å². The van der Waals surface area contributed by atoms with Crippen LogP contribution in [0.3, 0.4) is 0 Å². The molecule has 0 saturated carbocycles. The van der Waals surface area contributed by atoms with Crippen molar-refractivity contribution in [3.63, 3.8) is 0 Å². The third-order valence-corrected chi connectivity index (χ3v) is 3.45. The van der Waals surface area contributed by atoms with Crippen LogP contribution >= 0.6 is 0 Å². The standard InChI is InChI=1S/C13H26N2O3/c1-11(10-18-3)15(8-9-17-2)13(16)12-4-6-14-7-5-12/h11-12,14H,4-10H2,1-3H3. The fraction of sp³-hybridized carbons (Fsp3) is 0.923. The molecule has 5 nitrogen and oxygen atoms in total. The lowest BCUT2D eigenvalue weighted by atomic mass is 9.96. The van der Waals surface area contributed by atoms with Crippen LogP contribution in [0.1, 0.15) is 19.8 Å². The highest BCUT2D eigenvalue weighted by atomic mass is 16.5. The van der Waals surface area contributed by atoms with Gasteiger partial charge >= 0.3 is 0 Å².